The highest BCUT2D eigenvalue weighted by Gasteiger charge is 2.42. The molecule has 2 aromatic heterocycles. The summed E-state index contributed by atoms with van der Waals surface area (Å²) in [6, 6.07) is 9.58. The van der Waals surface area contributed by atoms with Crippen LogP contribution < -0.4 is 16.4 Å². The van der Waals surface area contributed by atoms with E-state index in [1.807, 2.05) is 29.2 Å². The zero-order valence-electron chi connectivity index (χ0n) is 17.7. The lowest BCUT2D eigenvalue weighted by atomic mass is 9.87. The molecule has 1 saturated carbocycles. The maximum Gasteiger partial charge on any atom is 0.357 e. The standard InChI is InChI=1S/C22H24N8O2/c1-29-18-16(17(28-29)19(31)32)15(9-12-25-18)13-5-7-14(8-6-13)30-21(24)26-20(23)27-22(30)10-3-2-4-11-22/h5-9,12H,2-4,10-11H2,1H3,(H,31,32)(H4,23,24,26,27). The van der Waals surface area contributed by atoms with Crippen LogP contribution in [0.3, 0.4) is 0 Å². The summed E-state index contributed by atoms with van der Waals surface area (Å²) in [4.78, 5) is 26.9. The molecule has 3 aromatic rings. The first-order chi connectivity index (χ1) is 15.4. The Morgan fingerprint density at radius 3 is 2.50 bits per heavy atom. The molecule has 2 aliphatic rings. The Balaban J connectivity index is 1.58. The molecule has 10 nitrogen and oxygen atoms in total. The summed E-state index contributed by atoms with van der Waals surface area (Å²) >= 11 is 0. The van der Waals surface area contributed by atoms with Gasteiger partial charge in [-0.05, 0) is 55.0 Å². The molecule has 1 fully saturated rings. The Labute approximate surface area is 184 Å². The second-order valence-corrected chi connectivity index (χ2v) is 8.20. The normalized spacial score (nSPS) is 18.0. The van der Waals surface area contributed by atoms with Gasteiger partial charge in [0.1, 0.15) is 5.66 Å². The number of benzene rings is 1. The minimum absolute atomic E-state index is 0.0203. The maximum absolute atomic E-state index is 11.7. The number of aromatic nitrogens is 3. The van der Waals surface area contributed by atoms with E-state index in [4.69, 9.17) is 16.5 Å². The van der Waals surface area contributed by atoms with Gasteiger partial charge in [0, 0.05) is 18.9 Å². The molecule has 0 unspecified atom stereocenters. The number of carbonyl (C=O) groups is 1. The van der Waals surface area contributed by atoms with E-state index >= 15 is 0 Å². The summed E-state index contributed by atoms with van der Waals surface area (Å²) in [5, 5.41) is 14.3. The van der Waals surface area contributed by atoms with E-state index in [1.54, 1.807) is 19.3 Å². The largest absolute Gasteiger partial charge is 0.476 e. The SMILES string of the molecule is Cn1nc(C(=O)O)c2c(-c3ccc(N4C(N)=NC(N)=NC45CCCCC5)cc3)ccnc21. The number of anilines is 1. The number of carboxylic acid groups (broad SMARTS) is 1. The Morgan fingerprint density at radius 2 is 1.81 bits per heavy atom. The molecule has 5 N–H and O–H groups in total. The Kier molecular flexibility index (Phi) is 4.58. The van der Waals surface area contributed by atoms with Gasteiger partial charge in [-0.1, -0.05) is 18.6 Å². The number of hydrogen-bond donors (Lipinski definition) is 3. The Bertz CT molecular complexity index is 1270. The summed E-state index contributed by atoms with van der Waals surface area (Å²) in [6.45, 7) is 0. The number of aromatic carboxylic acids is 1. The highest BCUT2D eigenvalue weighted by Crippen LogP contribution is 2.40. The zero-order chi connectivity index (χ0) is 22.5. The molecular weight excluding hydrogens is 408 g/mol. The van der Waals surface area contributed by atoms with Gasteiger partial charge >= 0.3 is 5.97 Å². The molecular formula is C22H24N8O2. The number of guanidine groups is 2. The quantitative estimate of drug-likeness (QED) is 0.575. The molecule has 0 radical (unpaired) electrons. The highest BCUT2D eigenvalue weighted by molar-refractivity contribution is 6.08. The molecule has 0 atom stereocenters. The topological polar surface area (TPSA) is 148 Å². The van der Waals surface area contributed by atoms with Crippen LogP contribution in [0.15, 0.2) is 46.5 Å². The number of nitrogens with two attached hydrogens (primary N) is 2. The van der Waals surface area contributed by atoms with Crippen molar-refractivity contribution in [2.75, 3.05) is 4.90 Å². The number of rotatable bonds is 3. The van der Waals surface area contributed by atoms with E-state index in [1.165, 1.54) is 4.68 Å². The smallest absolute Gasteiger partial charge is 0.357 e. The predicted molar refractivity (Wildman–Crippen MR) is 122 cm³/mol. The lowest BCUT2D eigenvalue weighted by molar-refractivity contribution is 0.0691. The van der Waals surface area contributed by atoms with Crippen molar-refractivity contribution in [2.24, 2.45) is 28.5 Å². The first kappa shape index (κ1) is 20.0. The second-order valence-electron chi connectivity index (χ2n) is 8.20. The third kappa shape index (κ3) is 3.06. The first-order valence-electron chi connectivity index (χ1n) is 10.5. The van der Waals surface area contributed by atoms with Crippen LogP contribution >= 0.6 is 0 Å². The summed E-state index contributed by atoms with van der Waals surface area (Å²) in [5.74, 6) is -0.540. The van der Waals surface area contributed by atoms with Gasteiger partial charge in [-0.25, -0.2) is 19.5 Å². The third-order valence-electron chi connectivity index (χ3n) is 6.21. The van der Waals surface area contributed by atoms with Crippen molar-refractivity contribution in [3.63, 3.8) is 0 Å². The number of fused-ring (bicyclic) bond motifs is 1. The summed E-state index contributed by atoms with van der Waals surface area (Å²) in [6.07, 6.45) is 6.63. The molecule has 1 aliphatic heterocycles. The molecule has 1 aromatic carbocycles. The number of carboxylic acids is 1. The molecule has 0 amide bonds. The number of hydrogen-bond acceptors (Lipinski definition) is 8. The van der Waals surface area contributed by atoms with Crippen molar-refractivity contribution >= 4 is 34.6 Å². The molecule has 0 saturated heterocycles. The molecule has 1 aliphatic carbocycles. The summed E-state index contributed by atoms with van der Waals surface area (Å²) < 4.78 is 1.48. The van der Waals surface area contributed by atoms with Crippen molar-refractivity contribution < 1.29 is 9.90 Å². The van der Waals surface area contributed by atoms with Gasteiger partial charge in [0.25, 0.3) is 0 Å². The fourth-order valence-electron chi connectivity index (χ4n) is 4.85. The van der Waals surface area contributed by atoms with Gasteiger partial charge in [0.05, 0.1) is 5.39 Å². The number of aliphatic imine (C=N–C) groups is 2. The van der Waals surface area contributed by atoms with E-state index in [0.29, 0.717) is 17.0 Å². The van der Waals surface area contributed by atoms with Crippen LogP contribution in [-0.4, -0.2) is 43.4 Å². The van der Waals surface area contributed by atoms with Crippen LogP contribution in [0, 0.1) is 0 Å². The van der Waals surface area contributed by atoms with Crippen LogP contribution in [-0.2, 0) is 7.05 Å². The lowest BCUT2D eigenvalue weighted by Crippen LogP contribution is -2.58. The van der Waals surface area contributed by atoms with Crippen molar-refractivity contribution in [1.29, 1.82) is 0 Å². The van der Waals surface area contributed by atoms with E-state index in [0.717, 1.165) is 48.9 Å². The third-order valence-corrected chi connectivity index (χ3v) is 6.21. The second kappa shape index (κ2) is 7.33. The maximum atomic E-state index is 11.7. The van der Waals surface area contributed by atoms with Gasteiger partial charge in [0.2, 0.25) is 11.9 Å². The van der Waals surface area contributed by atoms with Gasteiger partial charge in [-0.2, -0.15) is 10.1 Å². The van der Waals surface area contributed by atoms with Gasteiger partial charge in [-0.3, -0.25) is 4.90 Å². The van der Waals surface area contributed by atoms with E-state index in [-0.39, 0.29) is 11.7 Å². The van der Waals surface area contributed by atoms with Gasteiger partial charge in [0.15, 0.2) is 11.3 Å². The average Bonchev–Trinajstić information content (AvgIpc) is 3.11. The minimum Gasteiger partial charge on any atom is -0.476 e. The summed E-state index contributed by atoms with van der Waals surface area (Å²) in [7, 11) is 1.68. The Hall–Kier alpha value is -3.95. The van der Waals surface area contributed by atoms with Crippen molar-refractivity contribution in [1.82, 2.24) is 14.8 Å². The van der Waals surface area contributed by atoms with Crippen LogP contribution in [0.1, 0.15) is 42.6 Å². The predicted octanol–water partition coefficient (Wildman–Crippen LogP) is 2.44. The minimum atomic E-state index is -1.09. The monoisotopic (exact) mass is 432 g/mol. The van der Waals surface area contributed by atoms with Crippen LogP contribution in [0.2, 0.25) is 0 Å². The fourth-order valence-corrected chi connectivity index (χ4v) is 4.85. The molecule has 0 bridgehead atoms. The molecule has 164 valence electrons. The molecule has 1 spiro atoms. The number of pyridine rings is 1. The zero-order valence-corrected chi connectivity index (χ0v) is 17.7. The molecule has 32 heavy (non-hydrogen) atoms. The first-order valence-corrected chi connectivity index (χ1v) is 10.5. The van der Waals surface area contributed by atoms with Crippen molar-refractivity contribution in [2.45, 2.75) is 37.8 Å². The number of aryl methyl sites for hydroxylation is 1. The van der Waals surface area contributed by atoms with E-state index in [2.05, 4.69) is 15.1 Å². The summed E-state index contributed by atoms with van der Waals surface area (Å²) in [5.41, 5.74) is 14.7. The van der Waals surface area contributed by atoms with Crippen LogP contribution in [0.4, 0.5) is 5.69 Å². The number of nitrogens with zero attached hydrogens (tertiary/aromatic N) is 6. The lowest BCUT2D eigenvalue weighted by Gasteiger charge is -2.45. The van der Waals surface area contributed by atoms with Crippen LogP contribution in [0.25, 0.3) is 22.2 Å². The molecule has 3 heterocycles. The fraction of sp³-hybridized carbons (Fsp3) is 0.318. The molecule has 10 heteroatoms. The molecule has 5 rings (SSSR count). The van der Waals surface area contributed by atoms with Crippen molar-refractivity contribution in [3.8, 4) is 11.1 Å². The average molecular weight is 432 g/mol. The van der Waals surface area contributed by atoms with Crippen LogP contribution in [0.5, 0.6) is 0 Å². The van der Waals surface area contributed by atoms with Gasteiger partial charge < -0.3 is 16.6 Å². The highest BCUT2D eigenvalue weighted by atomic mass is 16.4. The Morgan fingerprint density at radius 1 is 1.09 bits per heavy atom. The van der Waals surface area contributed by atoms with E-state index < -0.39 is 11.6 Å². The van der Waals surface area contributed by atoms with E-state index in [9.17, 15) is 9.90 Å². The van der Waals surface area contributed by atoms with Crippen molar-refractivity contribution in [3.05, 3.63) is 42.2 Å². The van der Waals surface area contributed by atoms with Gasteiger partial charge in [-0.15, -0.1) is 0 Å².